The molecule has 0 spiro atoms. The molecule has 2 rings (SSSR count). The molecule has 2 N–H and O–H groups in total. The van der Waals surface area contributed by atoms with E-state index in [1.165, 1.54) is 24.9 Å². The molecule has 1 aliphatic heterocycles. The van der Waals surface area contributed by atoms with Gasteiger partial charge in [0.25, 0.3) is 0 Å². The molecule has 1 fully saturated rings. The van der Waals surface area contributed by atoms with Gasteiger partial charge in [0.2, 0.25) is 0 Å². The molecule has 1 aromatic heterocycles. The molecule has 1 unspecified atom stereocenters. The van der Waals surface area contributed by atoms with Crippen LogP contribution in [0.2, 0.25) is 0 Å². The molecule has 0 bridgehead atoms. The first kappa shape index (κ1) is 16.7. The molecule has 1 aromatic rings. The van der Waals surface area contributed by atoms with Gasteiger partial charge in [0.15, 0.2) is 0 Å². The third-order valence-corrected chi connectivity index (χ3v) is 3.02. The van der Waals surface area contributed by atoms with E-state index in [0.717, 1.165) is 19.5 Å². The lowest BCUT2D eigenvalue weighted by Gasteiger charge is -2.30. The molecule has 0 saturated carbocycles. The van der Waals surface area contributed by atoms with Gasteiger partial charge in [0.05, 0.1) is 6.20 Å². The molecule has 0 aliphatic carbocycles. The zero-order valence-corrected chi connectivity index (χ0v) is 11.8. The molecule has 0 radical (unpaired) electrons. The number of hydrogen-bond donors (Lipinski definition) is 1. The normalized spacial score (nSPS) is 20.5. The minimum absolute atomic E-state index is 0. The molecule has 100 valence electrons. The maximum absolute atomic E-state index is 5.94. The number of aromatic nitrogens is 2. The Morgan fingerprint density at radius 1 is 1.47 bits per heavy atom. The molecule has 4 nitrogen and oxygen atoms in total. The van der Waals surface area contributed by atoms with E-state index in [1.54, 1.807) is 0 Å². The fourth-order valence-corrected chi connectivity index (χ4v) is 2.18. The smallest absolute Gasteiger partial charge is 0.0522 e. The van der Waals surface area contributed by atoms with Gasteiger partial charge in [-0.3, -0.25) is 4.68 Å². The summed E-state index contributed by atoms with van der Waals surface area (Å²) in [6.07, 6.45) is 7.55. The van der Waals surface area contributed by atoms with E-state index in [9.17, 15) is 0 Å². The van der Waals surface area contributed by atoms with Crippen LogP contribution in [0.15, 0.2) is 12.4 Å². The van der Waals surface area contributed by atoms with Crippen molar-refractivity contribution < 1.29 is 0 Å². The van der Waals surface area contributed by atoms with Crippen LogP contribution in [0.5, 0.6) is 0 Å². The summed E-state index contributed by atoms with van der Waals surface area (Å²) in [4.78, 5) is 2.46. The van der Waals surface area contributed by atoms with Gasteiger partial charge < -0.3 is 10.6 Å². The average Bonchev–Trinajstić information content (AvgIpc) is 2.62. The molecule has 1 atom stereocenters. The maximum Gasteiger partial charge on any atom is 0.0522 e. The summed E-state index contributed by atoms with van der Waals surface area (Å²) in [5, 5.41) is 4.17. The highest BCUT2D eigenvalue weighted by Gasteiger charge is 2.15. The van der Waals surface area contributed by atoms with Crippen molar-refractivity contribution in [3.8, 4) is 0 Å². The molecule has 0 aromatic carbocycles. The van der Waals surface area contributed by atoms with E-state index in [2.05, 4.69) is 16.2 Å². The Bertz CT molecular complexity index is 316. The SMILES string of the molecule is Cl.Cl.Cn1cc(CCN2CCCC(N)C2)cn1. The van der Waals surface area contributed by atoms with Crippen LogP contribution in [-0.2, 0) is 13.5 Å². The minimum atomic E-state index is 0. The van der Waals surface area contributed by atoms with E-state index < -0.39 is 0 Å². The number of piperidine rings is 1. The third kappa shape index (κ3) is 5.25. The van der Waals surface area contributed by atoms with Gasteiger partial charge in [-0.25, -0.2) is 0 Å². The molecule has 2 heterocycles. The third-order valence-electron chi connectivity index (χ3n) is 3.02. The van der Waals surface area contributed by atoms with Gasteiger partial charge in [-0.05, 0) is 31.4 Å². The Balaban J connectivity index is 0.00000128. The topological polar surface area (TPSA) is 47.1 Å². The van der Waals surface area contributed by atoms with Crippen LogP contribution in [0.1, 0.15) is 18.4 Å². The Morgan fingerprint density at radius 3 is 2.82 bits per heavy atom. The Kier molecular flexibility index (Phi) is 7.79. The standard InChI is InChI=1S/C11H20N4.2ClH/c1-14-8-10(7-13-14)4-6-15-5-2-3-11(12)9-15;;/h7-8,11H,2-6,9,12H2,1H3;2*1H. The van der Waals surface area contributed by atoms with E-state index >= 15 is 0 Å². The van der Waals surface area contributed by atoms with Gasteiger partial charge in [0, 0.05) is 32.4 Å². The first-order valence-electron chi connectivity index (χ1n) is 5.69. The van der Waals surface area contributed by atoms with Crippen molar-refractivity contribution in [2.24, 2.45) is 12.8 Å². The monoisotopic (exact) mass is 280 g/mol. The van der Waals surface area contributed by atoms with Gasteiger partial charge >= 0.3 is 0 Å². The predicted molar refractivity (Wildman–Crippen MR) is 75.1 cm³/mol. The van der Waals surface area contributed by atoms with Crippen molar-refractivity contribution in [3.05, 3.63) is 18.0 Å². The molecule has 1 saturated heterocycles. The van der Waals surface area contributed by atoms with Crippen molar-refractivity contribution in [2.45, 2.75) is 25.3 Å². The van der Waals surface area contributed by atoms with E-state index in [1.807, 2.05) is 17.9 Å². The van der Waals surface area contributed by atoms with Crippen LogP contribution >= 0.6 is 24.8 Å². The van der Waals surface area contributed by atoms with Crippen molar-refractivity contribution in [1.29, 1.82) is 0 Å². The highest BCUT2D eigenvalue weighted by molar-refractivity contribution is 5.85. The number of likely N-dealkylation sites (tertiary alicyclic amines) is 1. The molecule has 0 amide bonds. The van der Waals surface area contributed by atoms with Crippen LogP contribution in [0, 0.1) is 0 Å². The van der Waals surface area contributed by atoms with Gasteiger partial charge in [-0.15, -0.1) is 24.8 Å². The summed E-state index contributed by atoms with van der Waals surface area (Å²) in [5.74, 6) is 0. The van der Waals surface area contributed by atoms with Crippen LogP contribution in [0.4, 0.5) is 0 Å². The average molecular weight is 281 g/mol. The zero-order chi connectivity index (χ0) is 10.7. The van der Waals surface area contributed by atoms with Crippen molar-refractivity contribution in [3.63, 3.8) is 0 Å². The summed E-state index contributed by atoms with van der Waals surface area (Å²) in [7, 11) is 1.96. The minimum Gasteiger partial charge on any atom is -0.327 e. The highest BCUT2D eigenvalue weighted by atomic mass is 35.5. The summed E-state index contributed by atoms with van der Waals surface area (Å²) in [6, 6.07) is 0.382. The Hall–Kier alpha value is -0.290. The lowest BCUT2D eigenvalue weighted by molar-refractivity contribution is 0.211. The van der Waals surface area contributed by atoms with Crippen LogP contribution in [0.3, 0.4) is 0 Å². The fourth-order valence-electron chi connectivity index (χ4n) is 2.18. The van der Waals surface area contributed by atoms with Crippen molar-refractivity contribution in [1.82, 2.24) is 14.7 Å². The summed E-state index contributed by atoms with van der Waals surface area (Å²) in [6.45, 7) is 3.37. The Labute approximate surface area is 115 Å². The van der Waals surface area contributed by atoms with Gasteiger partial charge in [-0.2, -0.15) is 5.10 Å². The second kappa shape index (κ2) is 7.93. The first-order valence-corrected chi connectivity index (χ1v) is 5.69. The first-order chi connectivity index (χ1) is 7.24. The van der Waals surface area contributed by atoms with Gasteiger partial charge in [0.1, 0.15) is 0 Å². The lowest BCUT2D eigenvalue weighted by atomic mass is 10.1. The molecule has 17 heavy (non-hydrogen) atoms. The summed E-state index contributed by atoms with van der Waals surface area (Å²) in [5.41, 5.74) is 7.26. The van der Waals surface area contributed by atoms with Crippen molar-refractivity contribution in [2.75, 3.05) is 19.6 Å². The molecular weight excluding hydrogens is 259 g/mol. The number of rotatable bonds is 3. The van der Waals surface area contributed by atoms with E-state index in [0.29, 0.717) is 6.04 Å². The predicted octanol–water partition coefficient (Wildman–Crippen LogP) is 1.23. The van der Waals surface area contributed by atoms with Crippen LogP contribution in [-0.4, -0.2) is 40.4 Å². The molecule has 1 aliphatic rings. The highest BCUT2D eigenvalue weighted by Crippen LogP contribution is 2.09. The number of aryl methyl sites for hydroxylation is 1. The number of nitrogens with two attached hydrogens (primary N) is 1. The maximum atomic E-state index is 5.94. The molecule has 6 heteroatoms. The second-order valence-corrected chi connectivity index (χ2v) is 4.48. The van der Waals surface area contributed by atoms with Crippen LogP contribution in [0.25, 0.3) is 0 Å². The van der Waals surface area contributed by atoms with E-state index in [-0.39, 0.29) is 24.8 Å². The van der Waals surface area contributed by atoms with Crippen molar-refractivity contribution >= 4 is 24.8 Å². The number of nitrogens with zero attached hydrogens (tertiary/aromatic N) is 3. The largest absolute Gasteiger partial charge is 0.327 e. The van der Waals surface area contributed by atoms with Crippen LogP contribution < -0.4 is 5.73 Å². The van der Waals surface area contributed by atoms with E-state index in [4.69, 9.17) is 5.73 Å². The Morgan fingerprint density at radius 2 is 2.24 bits per heavy atom. The number of hydrogen-bond acceptors (Lipinski definition) is 3. The second-order valence-electron chi connectivity index (χ2n) is 4.48. The summed E-state index contributed by atoms with van der Waals surface area (Å²) < 4.78 is 1.86. The molecular formula is C11H22Cl2N4. The fraction of sp³-hybridized carbons (Fsp3) is 0.727. The lowest BCUT2D eigenvalue weighted by Crippen LogP contribution is -2.43. The zero-order valence-electron chi connectivity index (χ0n) is 10.2. The summed E-state index contributed by atoms with van der Waals surface area (Å²) >= 11 is 0. The number of halogens is 2. The quantitative estimate of drug-likeness (QED) is 0.906. The van der Waals surface area contributed by atoms with Gasteiger partial charge in [-0.1, -0.05) is 0 Å².